The molecule has 0 aliphatic carbocycles. The lowest BCUT2D eigenvalue weighted by Crippen LogP contribution is -2.66. The van der Waals surface area contributed by atoms with Crippen LogP contribution in [0.15, 0.2) is 11.6 Å². The molecule has 1 fully saturated rings. The van der Waals surface area contributed by atoms with Crippen LogP contribution in [-0.2, 0) is 9.59 Å². The van der Waals surface area contributed by atoms with Gasteiger partial charge in [0.05, 0.1) is 6.04 Å². The maximum absolute atomic E-state index is 12.7. The summed E-state index contributed by atoms with van der Waals surface area (Å²) in [6.45, 7) is 5.89. The molecule has 104 valence electrons. The van der Waals surface area contributed by atoms with Crippen LogP contribution in [0.2, 0.25) is 0 Å². The average Bonchev–Trinajstić information content (AvgIpc) is 2.94. The predicted octanol–water partition coefficient (Wildman–Crippen LogP) is 1.72. The summed E-state index contributed by atoms with van der Waals surface area (Å²) < 4.78 is 0. The van der Waals surface area contributed by atoms with E-state index in [1.54, 1.807) is 11.1 Å². The Morgan fingerprint density at radius 1 is 1.47 bits per heavy atom. The minimum atomic E-state index is -0.749. The summed E-state index contributed by atoms with van der Waals surface area (Å²) in [5, 5.41) is 5.61. The van der Waals surface area contributed by atoms with Gasteiger partial charge in [-0.3, -0.25) is 9.59 Å². The fraction of sp³-hybridized carbons (Fsp3) is 0.615. The predicted molar refractivity (Wildman–Crippen MR) is 73.7 cm³/mol. The molecule has 2 rings (SSSR count). The van der Waals surface area contributed by atoms with Gasteiger partial charge in [-0.15, -0.1) is 11.3 Å². The fourth-order valence-corrected chi connectivity index (χ4v) is 3.18. The summed E-state index contributed by atoms with van der Waals surface area (Å²) in [7, 11) is 0. The molecule has 19 heavy (non-hydrogen) atoms. The van der Waals surface area contributed by atoms with Gasteiger partial charge in [0.2, 0.25) is 11.8 Å². The van der Waals surface area contributed by atoms with E-state index >= 15 is 0 Å². The van der Waals surface area contributed by atoms with E-state index in [1.807, 2.05) is 26.2 Å². The second-order valence-electron chi connectivity index (χ2n) is 4.82. The van der Waals surface area contributed by atoms with Crippen molar-refractivity contribution in [2.24, 2.45) is 0 Å². The number of nitrogens with zero attached hydrogens (tertiary/aromatic N) is 2. The van der Waals surface area contributed by atoms with Gasteiger partial charge in [0.15, 0.2) is 0 Å². The maximum Gasteiger partial charge on any atom is 0.249 e. The molecule has 2 amide bonds. The number of carbonyl (C=O) groups is 2. The van der Waals surface area contributed by atoms with Gasteiger partial charge >= 0.3 is 0 Å². The molecule has 1 atom stereocenters. The van der Waals surface area contributed by atoms with E-state index in [9.17, 15) is 9.59 Å². The van der Waals surface area contributed by atoms with Crippen LogP contribution >= 0.6 is 11.3 Å². The SMILES string of the molecule is CCC1(CC)NC(=O)CN(C(C)c2nccs2)C1=O. The number of piperazine rings is 1. The van der Waals surface area contributed by atoms with Crippen LogP contribution in [0.1, 0.15) is 44.7 Å². The fourth-order valence-electron chi connectivity index (χ4n) is 2.48. The minimum absolute atomic E-state index is 0.000185. The molecule has 1 aliphatic rings. The van der Waals surface area contributed by atoms with Crippen LogP contribution in [0.4, 0.5) is 0 Å². The molecule has 1 aromatic heterocycles. The van der Waals surface area contributed by atoms with Crippen LogP contribution in [0, 0.1) is 0 Å². The highest BCUT2D eigenvalue weighted by Gasteiger charge is 2.45. The molecule has 1 aromatic rings. The first-order chi connectivity index (χ1) is 9.04. The number of hydrogen-bond donors (Lipinski definition) is 1. The summed E-state index contributed by atoms with van der Waals surface area (Å²) in [6.07, 6.45) is 2.93. The molecule has 0 bridgehead atoms. The molecule has 1 N–H and O–H groups in total. The molecule has 1 aliphatic heterocycles. The van der Waals surface area contributed by atoms with Crippen molar-refractivity contribution in [1.82, 2.24) is 15.2 Å². The molecule has 1 unspecified atom stereocenters. The third-order valence-electron chi connectivity index (χ3n) is 3.85. The monoisotopic (exact) mass is 281 g/mol. The lowest BCUT2D eigenvalue weighted by atomic mass is 9.88. The number of rotatable bonds is 4. The van der Waals surface area contributed by atoms with E-state index in [1.165, 1.54) is 11.3 Å². The minimum Gasteiger partial charge on any atom is -0.340 e. The van der Waals surface area contributed by atoms with E-state index < -0.39 is 5.54 Å². The van der Waals surface area contributed by atoms with Crippen LogP contribution in [0.25, 0.3) is 0 Å². The van der Waals surface area contributed by atoms with Gasteiger partial charge in [-0.1, -0.05) is 13.8 Å². The third-order valence-corrected chi connectivity index (χ3v) is 4.79. The normalized spacial score (nSPS) is 20.3. The lowest BCUT2D eigenvalue weighted by molar-refractivity contribution is -0.152. The summed E-state index contributed by atoms with van der Waals surface area (Å²) in [4.78, 5) is 30.5. The average molecular weight is 281 g/mol. The van der Waals surface area contributed by atoms with Crippen molar-refractivity contribution < 1.29 is 9.59 Å². The van der Waals surface area contributed by atoms with E-state index in [-0.39, 0.29) is 24.4 Å². The quantitative estimate of drug-likeness (QED) is 0.914. The molecule has 0 spiro atoms. The van der Waals surface area contributed by atoms with Gasteiger partial charge < -0.3 is 10.2 Å². The molecule has 6 heteroatoms. The van der Waals surface area contributed by atoms with Gasteiger partial charge in [-0.25, -0.2) is 4.98 Å². The van der Waals surface area contributed by atoms with Crippen LogP contribution < -0.4 is 5.32 Å². The van der Waals surface area contributed by atoms with Crippen molar-refractivity contribution in [3.63, 3.8) is 0 Å². The molecule has 1 saturated heterocycles. The van der Waals surface area contributed by atoms with Crippen LogP contribution in [-0.4, -0.2) is 33.8 Å². The number of hydrogen-bond acceptors (Lipinski definition) is 4. The van der Waals surface area contributed by atoms with E-state index in [0.29, 0.717) is 12.8 Å². The van der Waals surface area contributed by atoms with Crippen LogP contribution in [0.5, 0.6) is 0 Å². The van der Waals surface area contributed by atoms with E-state index in [0.717, 1.165) is 5.01 Å². The first-order valence-electron chi connectivity index (χ1n) is 6.55. The highest BCUT2D eigenvalue weighted by Crippen LogP contribution is 2.29. The van der Waals surface area contributed by atoms with Crippen molar-refractivity contribution >= 4 is 23.2 Å². The zero-order chi connectivity index (χ0) is 14.0. The van der Waals surface area contributed by atoms with Gasteiger partial charge in [0.1, 0.15) is 17.1 Å². The standard InChI is InChI=1S/C13H19N3O2S/c1-4-13(5-2)12(18)16(8-10(17)15-13)9(3)11-14-6-7-19-11/h6-7,9H,4-5,8H2,1-3H3,(H,15,17). The molecule has 2 heterocycles. The Morgan fingerprint density at radius 3 is 2.68 bits per heavy atom. The topological polar surface area (TPSA) is 62.3 Å². The summed E-state index contributed by atoms with van der Waals surface area (Å²) >= 11 is 1.51. The molecular weight excluding hydrogens is 262 g/mol. The Bertz CT molecular complexity index is 468. The van der Waals surface area contributed by atoms with Crippen molar-refractivity contribution in [3.8, 4) is 0 Å². The van der Waals surface area contributed by atoms with Crippen molar-refractivity contribution in [2.45, 2.75) is 45.2 Å². The van der Waals surface area contributed by atoms with Crippen LogP contribution in [0.3, 0.4) is 0 Å². The van der Waals surface area contributed by atoms with E-state index in [4.69, 9.17) is 0 Å². The number of nitrogens with one attached hydrogen (secondary N) is 1. The van der Waals surface area contributed by atoms with Crippen molar-refractivity contribution in [1.29, 1.82) is 0 Å². The lowest BCUT2D eigenvalue weighted by Gasteiger charge is -2.43. The van der Waals surface area contributed by atoms with Crippen molar-refractivity contribution in [3.05, 3.63) is 16.6 Å². The summed E-state index contributed by atoms with van der Waals surface area (Å²) in [5.74, 6) is -0.0912. The van der Waals surface area contributed by atoms with Gasteiger partial charge in [0, 0.05) is 11.6 Å². The molecular formula is C13H19N3O2S. The molecule has 0 radical (unpaired) electrons. The highest BCUT2D eigenvalue weighted by atomic mass is 32.1. The van der Waals surface area contributed by atoms with Gasteiger partial charge in [0.25, 0.3) is 0 Å². The van der Waals surface area contributed by atoms with Gasteiger partial charge in [-0.2, -0.15) is 0 Å². The zero-order valence-electron chi connectivity index (χ0n) is 11.5. The Hall–Kier alpha value is -1.43. The Morgan fingerprint density at radius 2 is 2.16 bits per heavy atom. The number of carbonyl (C=O) groups excluding carboxylic acids is 2. The second-order valence-corrected chi connectivity index (χ2v) is 5.74. The smallest absolute Gasteiger partial charge is 0.249 e. The Labute approximate surface area is 117 Å². The molecule has 0 saturated carbocycles. The number of thiazole rings is 1. The maximum atomic E-state index is 12.7. The van der Waals surface area contributed by atoms with E-state index in [2.05, 4.69) is 10.3 Å². The summed E-state index contributed by atoms with van der Waals surface area (Å²) in [6, 6.07) is -0.156. The number of amides is 2. The summed E-state index contributed by atoms with van der Waals surface area (Å²) in [5.41, 5.74) is -0.749. The first-order valence-corrected chi connectivity index (χ1v) is 7.43. The second kappa shape index (κ2) is 5.28. The Balaban J connectivity index is 2.30. The highest BCUT2D eigenvalue weighted by molar-refractivity contribution is 7.09. The Kier molecular flexibility index (Phi) is 3.89. The van der Waals surface area contributed by atoms with Gasteiger partial charge in [-0.05, 0) is 19.8 Å². The van der Waals surface area contributed by atoms with Crippen molar-refractivity contribution in [2.75, 3.05) is 6.54 Å². The zero-order valence-corrected chi connectivity index (χ0v) is 12.3. The first kappa shape index (κ1) is 14.0. The number of aromatic nitrogens is 1. The molecule has 0 aromatic carbocycles. The largest absolute Gasteiger partial charge is 0.340 e. The third kappa shape index (κ3) is 2.36. The molecule has 5 nitrogen and oxygen atoms in total.